The van der Waals surface area contributed by atoms with Crippen molar-refractivity contribution in [1.82, 2.24) is 20.1 Å². The predicted octanol–water partition coefficient (Wildman–Crippen LogP) is 1.42. The summed E-state index contributed by atoms with van der Waals surface area (Å²) in [5.74, 6) is 0.425. The molecular formula is C18H27N5O. The lowest BCUT2D eigenvalue weighted by Gasteiger charge is -2.38. The van der Waals surface area contributed by atoms with E-state index in [1.807, 2.05) is 24.0 Å². The molecule has 1 aromatic rings. The lowest BCUT2D eigenvalue weighted by molar-refractivity contribution is -0.132. The molecule has 2 heterocycles. The molecule has 1 aliphatic heterocycles. The molecule has 1 fully saturated rings. The van der Waals surface area contributed by atoms with Gasteiger partial charge in [-0.15, -0.1) is 0 Å². The van der Waals surface area contributed by atoms with E-state index in [4.69, 9.17) is 0 Å². The van der Waals surface area contributed by atoms with Gasteiger partial charge in [0, 0.05) is 44.6 Å². The molecule has 24 heavy (non-hydrogen) atoms. The Hall–Kier alpha value is -1.97. The summed E-state index contributed by atoms with van der Waals surface area (Å²) in [6, 6.07) is 6.34. The molecule has 0 radical (unpaired) electrons. The maximum atomic E-state index is 12.4. The lowest BCUT2D eigenvalue weighted by atomic mass is 10.0. The van der Waals surface area contributed by atoms with Crippen molar-refractivity contribution in [1.29, 1.82) is 5.26 Å². The molecule has 2 rings (SSSR count). The first-order chi connectivity index (χ1) is 11.5. The summed E-state index contributed by atoms with van der Waals surface area (Å²) in [6.07, 6.45) is 3.52. The Bertz CT molecular complexity index is 561. The van der Waals surface area contributed by atoms with E-state index in [1.54, 1.807) is 12.4 Å². The van der Waals surface area contributed by atoms with Gasteiger partial charge in [-0.05, 0) is 30.5 Å². The number of piperazine rings is 1. The quantitative estimate of drug-likeness (QED) is 0.855. The molecule has 2 unspecified atom stereocenters. The second-order valence-electron chi connectivity index (χ2n) is 6.62. The fraction of sp³-hybridized carbons (Fsp3) is 0.611. The van der Waals surface area contributed by atoms with Crippen molar-refractivity contribution < 1.29 is 4.79 Å². The van der Waals surface area contributed by atoms with Crippen LogP contribution in [0.15, 0.2) is 24.5 Å². The number of pyridine rings is 1. The average molecular weight is 329 g/mol. The van der Waals surface area contributed by atoms with Crippen LogP contribution in [0.25, 0.3) is 0 Å². The Morgan fingerprint density at radius 2 is 1.88 bits per heavy atom. The molecule has 1 amide bonds. The van der Waals surface area contributed by atoms with Crippen molar-refractivity contribution >= 4 is 5.91 Å². The molecule has 6 nitrogen and oxygen atoms in total. The minimum Gasteiger partial charge on any atom is -0.339 e. The van der Waals surface area contributed by atoms with Crippen molar-refractivity contribution in [2.75, 3.05) is 32.7 Å². The van der Waals surface area contributed by atoms with Crippen LogP contribution in [0.3, 0.4) is 0 Å². The highest BCUT2D eigenvalue weighted by atomic mass is 16.2. The van der Waals surface area contributed by atoms with Crippen LogP contribution in [0.5, 0.6) is 0 Å². The Balaban J connectivity index is 1.78. The molecule has 1 saturated heterocycles. The van der Waals surface area contributed by atoms with Gasteiger partial charge >= 0.3 is 0 Å². The maximum absolute atomic E-state index is 12.4. The number of hydrogen-bond acceptors (Lipinski definition) is 5. The normalized spacial score (nSPS) is 18.2. The number of aromatic nitrogens is 1. The van der Waals surface area contributed by atoms with Crippen molar-refractivity contribution in [2.24, 2.45) is 5.92 Å². The van der Waals surface area contributed by atoms with Crippen LogP contribution < -0.4 is 5.32 Å². The van der Waals surface area contributed by atoms with Gasteiger partial charge in [-0.2, -0.15) is 5.26 Å². The maximum Gasteiger partial charge on any atom is 0.236 e. The van der Waals surface area contributed by atoms with Crippen molar-refractivity contribution in [3.05, 3.63) is 30.1 Å². The topological polar surface area (TPSA) is 72.3 Å². The van der Waals surface area contributed by atoms with Crippen molar-refractivity contribution in [2.45, 2.75) is 32.9 Å². The third kappa shape index (κ3) is 4.76. The van der Waals surface area contributed by atoms with E-state index in [2.05, 4.69) is 35.1 Å². The number of carbonyl (C=O) groups is 1. The number of rotatable bonds is 6. The summed E-state index contributed by atoms with van der Waals surface area (Å²) in [7, 11) is 0. The van der Waals surface area contributed by atoms with Crippen LogP contribution in [0, 0.1) is 17.2 Å². The van der Waals surface area contributed by atoms with Gasteiger partial charge < -0.3 is 10.2 Å². The number of nitrogens with one attached hydrogen (secondary N) is 1. The summed E-state index contributed by atoms with van der Waals surface area (Å²) >= 11 is 0. The third-order valence-corrected chi connectivity index (χ3v) is 4.59. The van der Waals surface area contributed by atoms with Gasteiger partial charge in [-0.25, -0.2) is 0 Å². The summed E-state index contributed by atoms with van der Waals surface area (Å²) < 4.78 is 0. The number of nitriles is 1. The molecule has 0 saturated carbocycles. The largest absolute Gasteiger partial charge is 0.339 e. The molecule has 0 bridgehead atoms. The minimum atomic E-state index is -0.0629. The van der Waals surface area contributed by atoms with Gasteiger partial charge in [-0.1, -0.05) is 13.8 Å². The standard InChI is InChI=1S/C18H27N5O/c1-14(2)17(12-19)22-8-10-23(11-9-22)18(24)13-21-15(3)16-4-6-20-7-5-16/h4-7,14-15,17,21H,8-11,13H2,1-3H3. The lowest BCUT2D eigenvalue weighted by Crippen LogP contribution is -2.54. The smallest absolute Gasteiger partial charge is 0.236 e. The van der Waals surface area contributed by atoms with Crippen molar-refractivity contribution in [3.8, 4) is 6.07 Å². The number of hydrogen-bond donors (Lipinski definition) is 1. The molecule has 0 spiro atoms. The summed E-state index contributed by atoms with van der Waals surface area (Å²) in [5, 5.41) is 12.6. The number of nitrogens with zero attached hydrogens (tertiary/aromatic N) is 4. The Kier molecular flexibility index (Phi) is 6.71. The van der Waals surface area contributed by atoms with Crippen LogP contribution in [-0.4, -0.2) is 59.5 Å². The molecule has 1 aromatic heterocycles. The molecule has 2 atom stereocenters. The minimum absolute atomic E-state index is 0.0629. The number of amides is 1. The summed E-state index contributed by atoms with van der Waals surface area (Å²) in [4.78, 5) is 20.5. The average Bonchev–Trinajstić information content (AvgIpc) is 2.61. The predicted molar refractivity (Wildman–Crippen MR) is 93.0 cm³/mol. The molecule has 1 N–H and O–H groups in total. The van der Waals surface area contributed by atoms with Gasteiger partial charge in [-0.3, -0.25) is 14.7 Å². The molecular weight excluding hydrogens is 302 g/mol. The zero-order chi connectivity index (χ0) is 17.5. The Labute approximate surface area is 144 Å². The zero-order valence-corrected chi connectivity index (χ0v) is 14.8. The van der Waals surface area contributed by atoms with E-state index < -0.39 is 0 Å². The van der Waals surface area contributed by atoms with E-state index in [9.17, 15) is 10.1 Å². The third-order valence-electron chi connectivity index (χ3n) is 4.59. The van der Waals surface area contributed by atoms with E-state index >= 15 is 0 Å². The first-order valence-corrected chi connectivity index (χ1v) is 8.57. The van der Waals surface area contributed by atoms with Gasteiger partial charge in [0.05, 0.1) is 12.6 Å². The SMILES string of the molecule is CC(NCC(=O)N1CCN(C(C#N)C(C)C)CC1)c1ccncc1. The Morgan fingerprint density at radius 3 is 2.42 bits per heavy atom. The highest BCUT2D eigenvalue weighted by Crippen LogP contribution is 2.14. The van der Waals surface area contributed by atoms with Gasteiger partial charge in [0.15, 0.2) is 0 Å². The first-order valence-electron chi connectivity index (χ1n) is 8.57. The molecule has 0 aromatic carbocycles. The Morgan fingerprint density at radius 1 is 1.25 bits per heavy atom. The van der Waals surface area contributed by atoms with Crippen molar-refractivity contribution in [3.63, 3.8) is 0 Å². The highest BCUT2D eigenvalue weighted by Gasteiger charge is 2.27. The van der Waals surface area contributed by atoms with E-state index in [-0.39, 0.29) is 18.0 Å². The zero-order valence-electron chi connectivity index (χ0n) is 14.8. The highest BCUT2D eigenvalue weighted by molar-refractivity contribution is 5.78. The molecule has 1 aliphatic rings. The van der Waals surface area contributed by atoms with Gasteiger partial charge in [0.2, 0.25) is 5.91 Å². The second-order valence-corrected chi connectivity index (χ2v) is 6.62. The van der Waals surface area contributed by atoms with Crippen LogP contribution in [0.1, 0.15) is 32.4 Å². The fourth-order valence-electron chi connectivity index (χ4n) is 3.02. The molecule has 130 valence electrons. The van der Waals surface area contributed by atoms with Crippen LogP contribution >= 0.6 is 0 Å². The number of carbonyl (C=O) groups excluding carboxylic acids is 1. The van der Waals surface area contributed by atoms with Gasteiger partial charge in [0.1, 0.15) is 6.04 Å². The molecule has 0 aliphatic carbocycles. The first kappa shape index (κ1) is 18.4. The van der Waals surface area contributed by atoms with Crippen LogP contribution in [0.4, 0.5) is 0 Å². The summed E-state index contributed by atoms with van der Waals surface area (Å²) in [5.41, 5.74) is 1.12. The van der Waals surface area contributed by atoms with Crippen LogP contribution in [-0.2, 0) is 4.79 Å². The molecule has 6 heteroatoms. The van der Waals surface area contributed by atoms with Gasteiger partial charge in [0.25, 0.3) is 0 Å². The summed E-state index contributed by atoms with van der Waals surface area (Å²) in [6.45, 7) is 9.41. The van der Waals surface area contributed by atoms with E-state index in [1.165, 1.54) is 0 Å². The monoisotopic (exact) mass is 329 g/mol. The van der Waals surface area contributed by atoms with E-state index in [0.29, 0.717) is 25.6 Å². The second kappa shape index (κ2) is 8.76. The fourth-order valence-corrected chi connectivity index (χ4v) is 3.02. The van der Waals surface area contributed by atoms with E-state index in [0.717, 1.165) is 18.7 Å². The van der Waals surface area contributed by atoms with Crippen LogP contribution in [0.2, 0.25) is 0 Å².